The molecular formula is C15H7Br2NO5S2. The molecule has 25 heavy (non-hydrogen) atoms. The van der Waals surface area contributed by atoms with Crippen LogP contribution in [-0.2, 0) is 9.59 Å². The van der Waals surface area contributed by atoms with Crippen LogP contribution in [0.5, 0.6) is 0 Å². The molecule has 0 aliphatic carbocycles. The number of thiocarbonyl (C=S) groups is 1. The van der Waals surface area contributed by atoms with Crippen LogP contribution in [0.3, 0.4) is 0 Å². The summed E-state index contributed by atoms with van der Waals surface area (Å²) in [4.78, 5) is 36.4. The van der Waals surface area contributed by atoms with E-state index < -0.39 is 24.0 Å². The van der Waals surface area contributed by atoms with Crippen molar-refractivity contribution in [1.82, 2.24) is 4.90 Å². The fraction of sp³-hybridized carbons (Fsp3) is 0.0667. The molecular weight excluding hydrogens is 498 g/mol. The maximum atomic E-state index is 12.3. The Morgan fingerprint density at radius 2 is 2.04 bits per heavy atom. The molecule has 2 heterocycles. The van der Waals surface area contributed by atoms with Gasteiger partial charge in [0.1, 0.15) is 16.4 Å². The van der Waals surface area contributed by atoms with E-state index in [1.165, 1.54) is 6.08 Å². The van der Waals surface area contributed by atoms with Crippen LogP contribution < -0.4 is 5.63 Å². The lowest BCUT2D eigenvalue weighted by Gasteiger charge is -2.10. The highest BCUT2D eigenvalue weighted by Gasteiger charge is 2.33. The summed E-state index contributed by atoms with van der Waals surface area (Å²) >= 11 is 12.7. The molecule has 0 saturated carbocycles. The second-order valence-electron chi connectivity index (χ2n) is 4.95. The normalized spacial score (nSPS) is 16.2. The molecule has 3 rings (SSSR count). The molecule has 0 bridgehead atoms. The van der Waals surface area contributed by atoms with Gasteiger partial charge in [-0.3, -0.25) is 14.5 Å². The molecule has 0 radical (unpaired) electrons. The van der Waals surface area contributed by atoms with Crippen LogP contribution in [0.2, 0.25) is 0 Å². The predicted molar refractivity (Wildman–Crippen MR) is 105 cm³/mol. The number of hydrogen-bond donors (Lipinski definition) is 1. The number of amides is 1. The first kappa shape index (κ1) is 18.3. The predicted octanol–water partition coefficient (Wildman–Crippen LogP) is 3.60. The summed E-state index contributed by atoms with van der Waals surface area (Å²) < 4.78 is 6.89. The number of rotatable bonds is 3. The van der Waals surface area contributed by atoms with Crippen LogP contribution in [0.25, 0.3) is 17.0 Å². The van der Waals surface area contributed by atoms with Gasteiger partial charge in [0.05, 0.1) is 10.5 Å². The molecule has 1 aromatic heterocycles. The number of hydrogen-bond acceptors (Lipinski definition) is 6. The van der Waals surface area contributed by atoms with Gasteiger partial charge in [-0.15, -0.1) is 0 Å². The van der Waals surface area contributed by atoms with Gasteiger partial charge >= 0.3 is 11.6 Å². The molecule has 1 N–H and O–H groups in total. The number of carboxylic acid groups (broad SMARTS) is 1. The third kappa shape index (κ3) is 3.71. The molecule has 1 aliphatic heterocycles. The van der Waals surface area contributed by atoms with Crippen LogP contribution in [0.4, 0.5) is 0 Å². The Morgan fingerprint density at radius 3 is 2.72 bits per heavy atom. The van der Waals surface area contributed by atoms with Gasteiger partial charge in [-0.2, -0.15) is 0 Å². The van der Waals surface area contributed by atoms with Crippen molar-refractivity contribution in [3.63, 3.8) is 0 Å². The maximum Gasteiger partial charge on any atom is 0.343 e. The van der Waals surface area contributed by atoms with Crippen LogP contribution >= 0.6 is 55.8 Å². The van der Waals surface area contributed by atoms with Gasteiger partial charge in [0.15, 0.2) is 0 Å². The van der Waals surface area contributed by atoms with Gasteiger partial charge < -0.3 is 9.52 Å². The first-order valence-corrected chi connectivity index (χ1v) is 9.47. The lowest BCUT2D eigenvalue weighted by atomic mass is 10.1. The van der Waals surface area contributed by atoms with E-state index in [4.69, 9.17) is 21.7 Å². The van der Waals surface area contributed by atoms with Crippen molar-refractivity contribution >= 4 is 89.1 Å². The number of carbonyl (C=O) groups excluding carboxylic acids is 1. The number of carbonyl (C=O) groups is 2. The Hall–Kier alpha value is -1.49. The van der Waals surface area contributed by atoms with Gasteiger partial charge in [0.25, 0.3) is 5.91 Å². The van der Waals surface area contributed by atoms with E-state index >= 15 is 0 Å². The fourth-order valence-corrected chi connectivity index (χ4v) is 4.72. The summed E-state index contributed by atoms with van der Waals surface area (Å²) in [6, 6.07) is 5.07. The highest BCUT2D eigenvalue weighted by Crippen LogP contribution is 2.33. The summed E-state index contributed by atoms with van der Waals surface area (Å²) in [5.41, 5.74) is -0.0471. The monoisotopic (exact) mass is 503 g/mol. The minimum absolute atomic E-state index is 0.133. The maximum absolute atomic E-state index is 12.3. The quantitative estimate of drug-likeness (QED) is 0.388. The van der Waals surface area contributed by atoms with Gasteiger partial charge in [-0.1, -0.05) is 39.9 Å². The Morgan fingerprint density at radius 1 is 1.32 bits per heavy atom. The van der Waals surface area contributed by atoms with Crippen LogP contribution in [0.1, 0.15) is 5.56 Å². The summed E-state index contributed by atoms with van der Waals surface area (Å²) in [6.45, 7) is -0.520. The summed E-state index contributed by atoms with van der Waals surface area (Å²) in [6.07, 6.45) is 1.36. The number of fused-ring (bicyclic) bond motifs is 1. The molecule has 1 amide bonds. The van der Waals surface area contributed by atoms with Gasteiger partial charge in [0, 0.05) is 14.3 Å². The Bertz CT molecular complexity index is 1030. The molecule has 1 saturated heterocycles. The molecule has 1 fully saturated rings. The van der Waals surface area contributed by atoms with Crippen molar-refractivity contribution in [2.24, 2.45) is 0 Å². The van der Waals surface area contributed by atoms with Crippen molar-refractivity contribution in [1.29, 1.82) is 0 Å². The largest absolute Gasteiger partial charge is 0.480 e. The van der Waals surface area contributed by atoms with Crippen molar-refractivity contribution < 1.29 is 19.1 Å². The molecule has 128 valence electrons. The Kier molecular flexibility index (Phi) is 5.14. The number of nitrogens with zero attached hydrogens (tertiary/aromatic N) is 1. The zero-order chi connectivity index (χ0) is 18.3. The first-order valence-electron chi connectivity index (χ1n) is 6.66. The molecule has 0 atom stereocenters. The molecule has 2 aromatic rings. The number of benzene rings is 1. The number of carboxylic acids is 1. The zero-order valence-electron chi connectivity index (χ0n) is 12.1. The van der Waals surface area contributed by atoms with E-state index in [1.54, 1.807) is 18.2 Å². The first-order chi connectivity index (χ1) is 11.8. The third-order valence-corrected chi connectivity index (χ3v) is 5.74. The van der Waals surface area contributed by atoms with E-state index in [1.807, 2.05) is 0 Å². The summed E-state index contributed by atoms with van der Waals surface area (Å²) in [5, 5.41) is 9.51. The van der Waals surface area contributed by atoms with Crippen molar-refractivity contribution in [3.8, 4) is 0 Å². The van der Waals surface area contributed by atoms with E-state index in [9.17, 15) is 14.4 Å². The number of halogens is 2. The number of aliphatic carboxylic acids is 1. The lowest BCUT2D eigenvalue weighted by molar-refractivity contribution is -0.140. The van der Waals surface area contributed by atoms with Gasteiger partial charge in [0.2, 0.25) is 0 Å². The minimum Gasteiger partial charge on any atom is -0.480 e. The highest BCUT2D eigenvalue weighted by atomic mass is 79.9. The van der Waals surface area contributed by atoms with Crippen LogP contribution in [-0.4, -0.2) is 32.7 Å². The second-order valence-corrected chi connectivity index (χ2v) is 8.40. The van der Waals surface area contributed by atoms with Crippen molar-refractivity contribution in [2.45, 2.75) is 0 Å². The Labute approximate surface area is 167 Å². The second kappa shape index (κ2) is 7.02. The molecule has 6 nitrogen and oxygen atoms in total. The van der Waals surface area contributed by atoms with E-state index in [2.05, 4.69) is 31.9 Å². The van der Waals surface area contributed by atoms with E-state index in [-0.39, 0.29) is 14.8 Å². The van der Waals surface area contributed by atoms with Gasteiger partial charge in [-0.25, -0.2) is 4.79 Å². The third-order valence-electron chi connectivity index (χ3n) is 3.25. The number of thioether (sulfide) groups is 1. The topological polar surface area (TPSA) is 87.8 Å². The average Bonchev–Trinajstić information content (AvgIpc) is 2.76. The Balaban J connectivity index is 2.06. The van der Waals surface area contributed by atoms with Crippen molar-refractivity contribution in [3.05, 3.63) is 48.0 Å². The highest BCUT2D eigenvalue weighted by molar-refractivity contribution is 9.11. The lowest BCUT2D eigenvalue weighted by Crippen LogP contribution is -2.33. The van der Waals surface area contributed by atoms with Crippen molar-refractivity contribution in [2.75, 3.05) is 6.54 Å². The summed E-state index contributed by atoms with van der Waals surface area (Å²) in [7, 11) is 0. The SMILES string of the molecule is O=C(O)CN1C(=O)C(=Cc2cc3c(Br)cc(Br)cc3oc2=O)SC1=S. The van der Waals surface area contributed by atoms with Gasteiger partial charge in [-0.05, 0) is 40.2 Å². The molecule has 0 spiro atoms. The molecule has 1 aliphatic rings. The van der Waals surface area contributed by atoms with Crippen LogP contribution in [0, 0.1) is 0 Å². The summed E-state index contributed by atoms with van der Waals surface area (Å²) in [5.74, 6) is -1.72. The fourth-order valence-electron chi connectivity index (χ4n) is 2.17. The van der Waals surface area contributed by atoms with Crippen LogP contribution in [0.15, 0.2) is 41.3 Å². The smallest absolute Gasteiger partial charge is 0.343 e. The molecule has 10 heteroatoms. The zero-order valence-corrected chi connectivity index (χ0v) is 16.9. The average molecular weight is 505 g/mol. The van der Waals surface area contributed by atoms with E-state index in [0.29, 0.717) is 15.4 Å². The molecule has 0 unspecified atom stereocenters. The minimum atomic E-state index is -1.17. The standard InChI is InChI=1S/C15H7Br2NO5S2/c16-7-3-9(17)8-1-6(14(22)23-10(8)4-7)2-11-13(21)18(5-12(19)20)15(24)25-11/h1-4H,5H2,(H,19,20). The van der Waals surface area contributed by atoms with E-state index in [0.717, 1.165) is 21.1 Å². The molecule has 1 aromatic carbocycles.